The molecule has 0 unspecified atom stereocenters. The third kappa shape index (κ3) is 9.62. The molecule has 0 saturated carbocycles. The molecular formula is C12H25N. The first kappa shape index (κ1) is 12.7. The summed E-state index contributed by atoms with van der Waals surface area (Å²) in [5.74, 6) is 0.792. The summed E-state index contributed by atoms with van der Waals surface area (Å²) in [6, 6.07) is 0. The molecule has 0 saturated heterocycles. The number of nitrogens with zero attached hydrogens (tertiary/aromatic N) is 1. The molecule has 0 amide bonds. The summed E-state index contributed by atoms with van der Waals surface area (Å²) in [6.07, 6.45) is 8.28. The summed E-state index contributed by atoms with van der Waals surface area (Å²) in [6.45, 7) is 9.11. The molecule has 0 bridgehead atoms. The number of rotatable bonds is 7. The van der Waals surface area contributed by atoms with Crippen molar-refractivity contribution in [3.8, 4) is 0 Å². The summed E-state index contributed by atoms with van der Waals surface area (Å²) in [4.78, 5) is 2.43. The molecule has 0 aromatic carbocycles. The zero-order valence-electron chi connectivity index (χ0n) is 9.71. The predicted octanol–water partition coefficient (Wildman–Crippen LogP) is 3.32. The quantitative estimate of drug-likeness (QED) is 0.432. The van der Waals surface area contributed by atoms with Crippen molar-refractivity contribution in [3.63, 3.8) is 0 Å². The van der Waals surface area contributed by atoms with Crippen LogP contribution in [0, 0.1) is 5.92 Å². The van der Waals surface area contributed by atoms with E-state index < -0.39 is 0 Å². The Kier molecular flexibility index (Phi) is 8.11. The highest BCUT2D eigenvalue weighted by atomic mass is 15.1. The highest BCUT2D eigenvalue weighted by Crippen LogP contribution is 2.01. The summed E-state index contributed by atoms with van der Waals surface area (Å²) in [7, 11) is 2.22. The van der Waals surface area contributed by atoms with Crippen LogP contribution in [0.3, 0.4) is 0 Å². The number of hydrogen-bond donors (Lipinski definition) is 0. The van der Waals surface area contributed by atoms with Crippen LogP contribution in [-0.2, 0) is 0 Å². The van der Waals surface area contributed by atoms with Crippen molar-refractivity contribution in [2.24, 2.45) is 5.92 Å². The minimum absolute atomic E-state index is 0.792. The first-order valence-electron chi connectivity index (χ1n) is 5.46. The number of allylic oxidation sites excluding steroid dienone is 2. The van der Waals surface area contributed by atoms with Gasteiger partial charge < -0.3 is 4.90 Å². The SMILES string of the molecule is C/C=C/CCCCN(C)CC(C)C. The fraction of sp³-hybridized carbons (Fsp3) is 0.833. The van der Waals surface area contributed by atoms with Crippen LogP contribution in [0.25, 0.3) is 0 Å². The molecule has 0 rings (SSSR count). The molecule has 0 aliphatic carbocycles. The van der Waals surface area contributed by atoms with E-state index >= 15 is 0 Å². The fourth-order valence-electron chi connectivity index (χ4n) is 1.53. The third-order valence-electron chi connectivity index (χ3n) is 2.07. The van der Waals surface area contributed by atoms with E-state index in [0.29, 0.717) is 0 Å². The zero-order valence-corrected chi connectivity index (χ0v) is 9.71. The molecule has 0 aromatic rings. The predicted molar refractivity (Wildman–Crippen MR) is 61.0 cm³/mol. The van der Waals surface area contributed by atoms with Gasteiger partial charge in [-0.25, -0.2) is 0 Å². The van der Waals surface area contributed by atoms with Crippen molar-refractivity contribution in [2.75, 3.05) is 20.1 Å². The molecule has 0 atom stereocenters. The molecule has 0 heterocycles. The van der Waals surface area contributed by atoms with Gasteiger partial charge in [0.2, 0.25) is 0 Å². The summed E-state index contributed by atoms with van der Waals surface area (Å²) >= 11 is 0. The average Bonchev–Trinajstić information content (AvgIpc) is 2.02. The lowest BCUT2D eigenvalue weighted by Crippen LogP contribution is -2.24. The zero-order chi connectivity index (χ0) is 10.1. The van der Waals surface area contributed by atoms with Crippen LogP contribution >= 0.6 is 0 Å². The number of unbranched alkanes of at least 4 members (excludes halogenated alkanes) is 2. The van der Waals surface area contributed by atoms with Gasteiger partial charge in [0.1, 0.15) is 0 Å². The molecule has 0 aliphatic rings. The van der Waals surface area contributed by atoms with E-state index in [9.17, 15) is 0 Å². The fourth-order valence-corrected chi connectivity index (χ4v) is 1.53. The smallest absolute Gasteiger partial charge is 0.000133 e. The van der Waals surface area contributed by atoms with Crippen LogP contribution < -0.4 is 0 Å². The molecule has 1 heteroatoms. The van der Waals surface area contributed by atoms with Gasteiger partial charge in [0.15, 0.2) is 0 Å². The lowest BCUT2D eigenvalue weighted by Gasteiger charge is -2.18. The van der Waals surface area contributed by atoms with Crippen LogP contribution in [0.1, 0.15) is 40.0 Å². The summed E-state index contributed by atoms with van der Waals surface area (Å²) in [5, 5.41) is 0. The van der Waals surface area contributed by atoms with Crippen molar-refractivity contribution < 1.29 is 0 Å². The Bertz CT molecular complexity index is 127. The van der Waals surface area contributed by atoms with E-state index in [1.165, 1.54) is 32.4 Å². The Morgan fingerprint density at radius 1 is 1.23 bits per heavy atom. The Morgan fingerprint density at radius 3 is 2.46 bits per heavy atom. The Morgan fingerprint density at radius 2 is 1.92 bits per heavy atom. The van der Waals surface area contributed by atoms with Gasteiger partial charge in [-0.3, -0.25) is 0 Å². The van der Waals surface area contributed by atoms with Crippen molar-refractivity contribution >= 4 is 0 Å². The van der Waals surface area contributed by atoms with Gasteiger partial charge >= 0.3 is 0 Å². The molecular weight excluding hydrogens is 158 g/mol. The summed E-state index contributed by atoms with van der Waals surface area (Å²) < 4.78 is 0. The maximum Gasteiger partial charge on any atom is 0.000133 e. The Balaban J connectivity index is 3.21. The second-order valence-electron chi connectivity index (χ2n) is 4.22. The highest BCUT2D eigenvalue weighted by Gasteiger charge is 1.99. The van der Waals surface area contributed by atoms with Crippen LogP contribution in [0.5, 0.6) is 0 Å². The minimum atomic E-state index is 0.792. The molecule has 0 fully saturated rings. The molecule has 0 aliphatic heterocycles. The average molecular weight is 183 g/mol. The Labute approximate surface area is 83.8 Å². The van der Waals surface area contributed by atoms with E-state index in [0.717, 1.165) is 5.92 Å². The molecule has 0 aromatic heterocycles. The summed E-state index contributed by atoms with van der Waals surface area (Å²) in [5.41, 5.74) is 0. The van der Waals surface area contributed by atoms with Crippen molar-refractivity contribution in [3.05, 3.63) is 12.2 Å². The van der Waals surface area contributed by atoms with E-state index in [4.69, 9.17) is 0 Å². The topological polar surface area (TPSA) is 3.24 Å². The second kappa shape index (κ2) is 8.31. The molecule has 0 N–H and O–H groups in total. The van der Waals surface area contributed by atoms with Crippen LogP contribution in [-0.4, -0.2) is 25.0 Å². The third-order valence-corrected chi connectivity index (χ3v) is 2.07. The van der Waals surface area contributed by atoms with Gasteiger partial charge in [-0.05, 0) is 45.7 Å². The van der Waals surface area contributed by atoms with Gasteiger partial charge in [-0.2, -0.15) is 0 Å². The lowest BCUT2D eigenvalue weighted by molar-refractivity contribution is 0.290. The van der Waals surface area contributed by atoms with Gasteiger partial charge in [-0.1, -0.05) is 26.0 Å². The van der Waals surface area contributed by atoms with Crippen molar-refractivity contribution in [2.45, 2.75) is 40.0 Å². The van der Waals surface area contributed by atoms with Gasteiger partial charge in [-0.15, -0.1) is 0 Å². The van der Waals surface area contributed by atoms with Crippen LogP contribution in [0.2, 0.25) is 0 Å². The normalized spacial score (nSPS) is 12.2. The molecule has 13 heavy (non-hydrogen) atoms. The second-order valence-corrected chi connectivity index (χ2v) is 4.22. The van der Waals surface area contributed by atoms with E-state index in [-0.39, 0.29) is 0 Å². The minimum Gasteiger partial charge on any atom is -0.306 e. The molecule has 0 spiro atoms. The van der Waals surface area contributed by atoms with E-state index in [2.05, 4.69) is 44.9 Å². The van der Waals surface area contributed by atoms with Gasteiger partial charge in [0.25, 0.3) is 0 Å². The van der Waals surface area contributed by atoms with E-state index in [1.54, 1.807) is 0 Å². The maximum absolute atomic E-state index is 2.43. The van der Waals surface area contributed by atoms with Crippen molar-refractivity contribution in [1.29, 1.82) is 0 Å². The molecule has 0 radical (unpaired) electrons. The van der Waals surface area contributed by atoms with Crippen molar-refractivity contribution in [1.82, 2.24) is 4.90 Å². The maximum atomic E-state index is 2.43. The number of hydrogen-bond acceptors (Lipinski definition) is 1. The standard InChI is InChI=1S/C12H25N/c1-5-6-7-8-9-10-13(4)11-12(2)3/h5-6,12H,7-11H2,1-4H3/b6-5+. The molecule has 1 nitrogen and oxygen atoms in total. The van der Waals surface area contributed by atoms with E-state index in [1.807, 2.05) is 0 Å². The largest absolute Gasteiger partial charge is 0.306 e. The lowest BCUT2D eigenvalue weighted by atomic mass is 10.2. The van der Waals surface area contributed by atoms with Crippen LogP contribution in [0.15, 0.2) is 12.2 Å². The highest BCUT2D eigenvalue weighted by molar-refractivity contribution is 4.76. The first-order valence-corrected chi connectivity index (χ1v) is 5.46. The first-order chi connectivity index (χ1) is 6.16. The van der Waals surface area contributed by atoms with Gasteiger partial charge in [0, 0.05) is 6.54 Å². The Hall–Kier alpha value is -0.300. The molecule has 78 valence electrons. The van der Waals surface area contributed by atoms with Gasteiger partial charge in [0.05, 0.1) is 0 Å². The monoisotopic (exact) mass is 183 g/mol. The van der Waals surface area contributed by atoms with Crippen LogP contribution in [0.4, 0.5) is 0 Å².